The van der Waals surface area contributed by atoms with Crippen LogP contribution < -0.4 is 4.74 Å². The van der Waals surface area contributed by atoms with Crippen molar-refractivity contribution in [1.29, 1.82) is 0 Å². The third-order valence-corrected chi connectivity index (χ3v) is 3.33. The van der Waals surface area contributed by atoms with Gasteiger partial charge in [0.25, 0.3) is 0 Å². The van der Waals surface area contributed by atoms with E-state index in [4.69, 9.17) is 33.0 Å². The first kappa shape index (κ1) is 14.2. The molecule has 0 aliphatic rings. The zero-order chi connectivity index (χ0) is 14.0. The molecule has 0 unspecified atom stereocenters. The topological polar surface area (TPSA) is 29.5 Å². The average molecular weight is 297 g/mol. The summed E-state index contributed by atoms with van der Waals surface area (Å²) in [6.45, 7) is 3.83. The van der Waals surface area contributed by atoms with Gasteiger partial charge in [0.2, 0.25) is 0 Å². The Labute approximate surface area is 122 Å². The number of aliphatic hydroxyl groups excluding tert-OH is 1. The minimum absolute atomic E-state index is 0.0427. The molecule has 1 N–H and O–H groups in total. The fourth-order valence-corrected chi connectivity index (χ4v) is 2.46. The minimum Gasteiger partial charge on any atom is -0.455 e. The van der Waals surface area contributed by atoms with E-state index >= 15 is 0 Å². The molecule has 0 amide bonds. The monoisotopic (exact) mass is 296 g/mol. The van der Waals surface area contributed by atoms with Crippen LogP contribution >= 0.6 is 23.2 Å². The Morgan fingerprint density at radius 2 is 1.68 bits per heavy atom. The highest BCUT2D eigenvalue weighted by atomic mass is 35.5. The normalized spacial score (nSPS) is 10.6. The number of halogens is 2. The summed E-state index contributed by atoms with van der Waals surface area (Å²) in [5.41, 5.74) is 2.65. The van der Waals surface area contributed by atoms with Crippen LogP contribution in [-0.4, -0.2) is 5.11 Å². The third kappa shape index (κ3) is 3.21. The lowest BCUT2D eigenvalue weighted by Crippen LogP contribution is -1.93. The molecule has 0 fully saturated rings. The van der Waals surface area contributed by atoms with Gasteiger partial charge >= 0.3 is 0 Å². The summed E-state index contributed by atoms with van der Waals surface area (Å²) < 4.78 is 5.85. The predicted molar refractivity (Wildman–Crippen MR) is 78.4 cm³/mol. The molecule has 0 atom stereocenters. The maximum absolute atomic E-state index is 9.05. The molecule has 100 valence electrons. The largest absolute Gasteiger partial charge is 0.455 e. The summed E-state index contributed by atoms with van der Waals surface area (Å²) in [7, 11) is 0. The van der Waals surface area contributed by atoms with E-state index < -0.39 is 0 Å². The van der Waals surface area contributed by atoms with Gasteiger partial charge in [-0.3, -0.25) is 0 Å². The number of ether oxygens (including phenoxy) is 1. The zero-order valence-corrected chi connectivity index (χ0v) is 12.2. The van der Waals surface area contributed by atoms with Gasteiger partial charge in [0, 0.05) is 5.02 Å². The molecule has 0 aliphatic carbocycles. The Kier molecular flexibility index (Phi) is 4.35. The number of benzene rings is 2. The van der Waals surface area contributed by atoms with Crippen molar-refractivity contribution in [2.45, 2.75) is 20.5 Å². The van der Waals surface area contributed by atoms with Gasteiger partial charge in [-0.1, -0.05) is 29.3 Å². The van der Waals surface area contributed by atoms with Gasteiger partial charge in [-0.2, -0.15) is 0 Å². The number of aryl methyl sites for hydroxylation is 2. The number of hydrogen-bond donors (Lipinski definition) is 1. The lowest BCUT2D eigenvalue weighted by atomic mass is 10.1. The summed E-state index contributed by atoms with van der Waals surface area (Å²) in [5, 5.41) is 10.2. The lowest BCUT2D eigenvalue weighted by Gasteiger charge is -2.13. The lowest BCUT2D eigenvalue weighted by molar-refractivity contribution is 0.281. The molecule has 19 heavy (non-hydrogen) atoms. The zero-order valence-electron chi connectivity index (χ0n) is 10.7. The van der Waals surface area contributed by atoms with Gasteiger partial charge in [-0.05, 0) is 54.8 Å². The van der Waals surface area contributed by atoms with Crippen LogP contribution in [0, 0.1) is 13.8 Å². The fraction of sp³-hybridized carbons (Fsp3) is 0.200. The summed E-state index contributed by atoms with van der Waals surface area (Å²) in [6.07, 6.45) is 0. The molecule has 2 aromatic rings. The van der Waals surface area contributed by atoms with E-state index in [1.165, 1.54) is 0 Å². The maximum atomic E-state index is 9.05. The Morgan fingerprint density at radius 1 is 1.05 bits per heavy atom. The quantitative estimate of drug-likeness (QED) is 0.873. The fourth-order valence-electron chi connectivity index (χ4n) is 1.89. The van der Waals surface area contributed by atoms with Gasteiger partial charge in [-0.25, -0.2) is 0 Å². The summed E-state index contributed by atoms with van der Waals surface area (Å²) in [4.78, 5) is 0. The second-order valence-electron chi connectivity index (χ2n) is 4.39. The van der Waals surface area contributed by atoms with Crippen LogP contribution in [0.15, 0.2) is 30.3 Å². The van der Waals surface area contributed by atoms with Crippen molar-refractivity contribution in [3.63, 3.8) is 0 Å². The van der Waals surface area contributed by atoms with Crippen molar-refractivity contribution in [1.82, 2.24) is 0 Å². The first-order chi connectivity index (χ1) is 9.01. The van der Waals surface area contributed by atoms with Gasteiger partial charge in [-0.15, -0.1) is 0 Å². The summed E-state index contributed by atoms with van der Waals surface area (Å²) in [5.74, 6) is 1.32. The molecule has 2 aromatic carbocycles. The van der Waals surface area contributed by atoms with Crippen molar-refractivity contribution < 1.29 is 9.84 Å². The molecule has 0 heterocycles. The number of hydrogen-bond acceptors (Lipinski definition) is 2. The van der Waals surface area contributed by atoms with Crippen molar-refractivity contribution in [2.75, 3.05) is 0 Å². The minimum atomic E-state index is -0.0427. The number of aliphatic hydroxyl groups is 1. The van der Waals surface area contributed by atoms with Crippen LogP contribution in [0.2, 0.25) is 10.0 Å². The second kappa shape index (κ2) is 5.83. The molecule has 0 spiro atoms. The van der Waals surface area contributed by atoms with Crippen LogP contribution in [0.4, 0.5) is 0 Å². The standard InChI is InChI=1S/C15H14Cl2O2/c1-9-5-12(16)6-10(2)15(9)19-14-4-3-11(8-18)7-13(14)17/h3-7,18H,8H2,1-2H3. The molecule has 0 aliphatic heterocycles. The van der Waals surface area contributed by atoms with Crippen LogP contribution in [0.5, 0.6) is 11.5 Å². The van der Waals surface area contributed by atoms with Crippen molar-refractivity contribution in [2.24, 2.45) is 0 Å². The highest BCUT2D eigenvalue weighted by molar-refractivity contribution is 6.32. The van der Waals surface area contributed by atoms with Crippen LogP contribution in [0.1, 0.15) is 16.7 Å². The Bertz CT molecular complexity index is 586. The smallest absolute Gasteiger partial charge is 0.146 e. The van der Waals surface area contributed by atoms with Gasteiger partial charge < -0.3 is 9.84 Å². The highest BCUT2D eigenvalue weighted by Gasteiger charge is 2.10. The van der Waals surface area contributed by atoms with Crippen molar-refractivity contribution >= 4 is 23.2 Å². The third-order valence-electron chi connectivity index (χ3n) is 2.82. The van der Waals surface area contributed by atoms with E-state index in [1.54, 1.807) is 18.2 Å². The average Bonchev–Trinajstić information content (AvgIpc) is 2.35. The van der Waals surface area contributed by atoms with Gasteiger partial charge in [0.1, 0.15) is 11.5 Å². The van der Waals surface area contributed by atoms with Crippen molar-refractivity contribution in [3.05, 3.63) is 57.1 Å². The molecule has 2 nitrogen and oxygen atoms in total. The van der Waals surface area contributed by atoms with Gasteiger partial charge in [0.05, 0.1) is 11.6 Å². The molecular formula is C15H14Cl2O2. The molecule has 0 aromatic heterocycles. The van der Waals surface area contributed by atoms with E-state index in [-0.39, 0.29) is 6.61 Å². The molecule has 0 saturated carbocycles. The molecular weight excluding hydrogens is 283 g/mol. The molecule has 0 radical (unpaired) electrons. The van der Waals surface area contributed by atoms with Crippen LogP contribution in [0.25, 0.3) is 0 Å². The molecule has 2 rings (SSSR count). The van der Waals surface area contributed by atoms with Crippen molar-refractivity contribution in [3.8, 4) is 11.5 Å². The molecule has 0 bridgehead atoms. The second-order valence-corrected chi connectivity index (χ2v) is 5.24. The summed E-state index contributed by atoms with van der Waals surface area (Å²) in [6, 6.07) is 8.92. The van der Waals surface area contributed by atoms with E-state index in [1.807, 2.05) is 26.0 Å². The first-order valence-corrected chi connectivity index (χ1v) is 6.60. The summed E-state index contributed by atoms with van der Waals surface area (Å²) >= 11 is 12.1. The molecule has 4 heteroatoms. The Hall–Kier alpha value is -1.22. The highest BCUT2D eigenvalue weighted by Crippen LogP contribution is 2.35. The van der Waals surface area contributed by atoms with E-state index in [2.05, 4.69) is 0 Å². The van der Waals surface area contributed by atoms with E-state index in [0.717, 1.165) is 22.4 Å². The van der Waals surface area contributed by atoms with E-state index in [0.29, 0.717) is 15.8 Å². The maximum Gasteiger partial charge on any atom is 0.146 e. The SMILES string of the molecule is Cc1cc(Cl)cc(C)c1Oc1ccc(CO)cc1Cl. The predicted octanol–water partition coefficient (Wildman–Crippen LogP) is 4.89. The van der Waals surface area contributed by atoms with Crippen LogP contribution in [-0.2, 0) is 6.61 Å². The Balaban J connectivity index is 2.36. The molecule has 0 saturated heterocycles. The number of rotatable bonds is 3. The van der Waals surface area contributed by atoms with Crippen LogP contribution in [0.3, 0.4) is 0 Å². The first-order valence-electron chi connectivity index (χ1n) is 5.85. The van der Waals surface area contributed by atoms with Gasteiger partial charge in [0.15, 0.2) is 0 Å². The Morgan fingerprint density at radius 3 is 2.21 bits per heavy atom. The van der Waals surface area contributed by atoms with E-state index in [9.17, 15) is 0 Å².